The van der Waals surface area contributed by atoms with E-state index in [9.17, 15) is 14.0 Å². The highest BCUT2D eigenvalue weighted by Crippen LogP contribution is 2.28. The number of nitrogens with zero attached hydrogens (tertiary/aromatic N) is 2. The number of rotatable bonds is 7. The molecule has 0 atom stereocenters. The molecule has 162 valence electrons. The normalized spacial score (nSPS) is 13.3. The SMILES string of the molecule is C=C(C1=CCCCC1)N(C)C(=O)c1cc(C)cc(CNc2ncc(F)cc2C=O)c1N. The van der Waals surface area contributed by atoms with Gasteiger partial charge in [0, 0.05) is 25.0 Å². The summed E-state index contributed by atoms with van der Waals surface area (Å²) in [6.07, 6.45) is 7.88. The molecule has 1 aliphatic carbocycles. The van der Waals surface area contributed by atoms with Gasteiger partial charge in [0.2, 0.25) is 0 Å². The Labute approximate surface area is 181 Å². The number of anilines is 2. The summed E-state index contributed by atoms with van der Waals surface area (Å²) in [5.74, 6) is -0.570. The molecule has 0 saturated carbocycles. The van der Waals surface area contributed by atoms with Crippen molar-refractivity contribution >= 4 is 23.7 Å². The Balaban J connectivity index is 1.83. The van der Waals surface area contributed by atoms with Crippen LogP contribution in [0.15, 0.2) is 48.3 Å². The zero-order chi connectivity index (χ0) is 22.5. The fourth-order valence-corrected chi connectivity index (χ4v) is 3.69. The zero-order valence-corrected chi connectivity index (χ0v) is 17.9. The minimum atomic E-state index is -0.591. The van der Waals surface area contributed by atoms with Crippen molar-refractivity contribution in [2.75, 3.05) is 18.1 Å². The van der Waals surface area contributed by atoms with E-state index in [1.807, 2.05) is 13.0 Å². The number of nitrogen functional groups attached to an aromatic ring is 1. The van der Waals surface area contributed by atoms with Crippen LogP contribution in [0, 0.1) is 12.7 Å². The summed E-state index contributed by atoms with van der Waals surface area (Å²) < 4.78 is 13.3. The van der Waals surface area contributed by atoms with E-state index >= 15 is 0 Å². The van der Waals surface area contributed by atoms with Crippen molar-refractivity contribution in [1.29, 1.82) is 0 Å². The third-order valence-electron chi connectivity index (χ3n) is 5.47. The summed E-state index contributed by atoms with van der Waals surface area (Å²) in [5.41, 5.74) is 10.5. The first-order chi connectivity index (χ1) is 14.8. The fraction of sp³-hybridized carbons (Fsp3) is 0.292. The number of allylic oxidation sites excluding steroid dienone is 2. The van der Waals surface area contributed by atoms with Crippen molar-refractivity contribution in [3.8, 4) is 0 Å². The average molecular weight is 423 g/mol. The molecule has 31 heavy (non-hydrogen) atoms. The van der Waals surface area contributed by atoms with Crippen molar-refractivity contribution in [3.05, 3.63) is 76.4 Å². The molecule has 0 aliphatic heterocycles. The predicted octanol–water partition coefficient (Wildman–Crippen LogP) is 4.62. The first-order valence-corrected chi connectivity index (χ1v) is 10.2. The Kier molecular flexibility index (Phi) is 6.84. The van der Waals surface area contributed by atoms with Crippen LogP contribution in [0.5, 0.6) is 0 Å². The molecule has 7 heteroatoms. The van der Waals surface area contributed by atoms with Gasteiger partial charge in [-0.25, -0.2) is 9.37 Å². The van der Waals surface area contributed by atoms with Crippen LogP contribution in [0.3, 0.4) is 0 Å². The lowest BCUT2D eigenvalue weighted by Crippen LogP contribution is -2.28. The number of carbonyl (C=O) groups excluding carboxylic acids is 2. The topological polar surface area (TPSA) is 88.3 Å². The minimum absolute atomic E-state index is 0.110. The van der Waals surface area contributed by atoms with Gasteiger partial charge in [-0.15, -0.1) is 0 Å². The number of hydrogen-bond acceptors (Lipinski definition) is 5. The molecule has 6 nitrogen and oxygen atoms in total. The second kappa shape index (κ2) is 9.55. The number of hydrogen-bond donors (Lipinski definition) is 2. The number of aryl methyl sites for hydroxylation is 1. The van der Waals surface area contributed by atoms with Crippen molar-refractivity contribution in [2.24, 2.45) is 0 Å². The molecule has 2 aromatic rings. The molecule has 3 N–H and O–H groups in total. The van der Waals surface area contributed by atoms with Crippen LogP contribution in [-0.2, 0) is 6.54 Å². The first kappa shape index (κ1) is 22.2. The van der Waals surface area contributed by atoms with Crippen molar-refractivity contribution in [3.63, 3.8) is 0 Å². The van der Waals surface area contributed by atoms with Crippen LogP contribution in [0.4, 0.5) is 15.9 Å². The lowest BCUT2D eigenvalue weighted by Gasteiger charge is -2.25. The van der Waals surface area contributed by atoms with Gasteiger partial charge in [-0.1, -0.05) is 18.7 Å². The number of nitrogens with one attached hydrogen (secondary N) is 1. The Morgan fingerprint density at radius 3 is 2.81 bits per heavy atom. The second-order valence-corrected chi connectivity index (χ2v) is 7.73. The number of halogens is 1. The molecule has 0 bridgehead atoms. The molecule has 1 aromatic carbocycles. The van der Waals surface area contributed by atoms with E-state index in [1.54, 1.807) is 18.0 Å². The van der Waals surface area contributed by atoms with E-state index in [1.165, 1.54) is 0 Å². The summed E-state index contributed by atoms with van der Waals surface area (Å²) in [5, 5.41) is 3.00. The number of pyridine rings is 1. The summed E-state index contributed by atoms with van der Waals surface area (Å²) in [4.78, 5) is 29.9. The van der Waals surface area contributed by atoms with Gasteiger partial charge in [0.1, 0.15) is 11.6 Å². The van der Waals surface area contributed by atoms with E-state index in [-0.39, 0.29) is 23.8 Å². The standard InChI is InChI=1S/C24H27FN4O2/c1-15-9-18(12-27-23-19(14-30)11-20(25)13-28-23)22(26)21(10-15)24(31)29(3)16(2)17-7-5-4-6-8-17/h7,9-11,13-14H,2,4-6,8,12,26H2,1,3H3,(H,27,28). The van der Waals surface area contributed by atoms with Gasteiger partial charge in [0.25, 0.3) is 5.91 Å². The number of carbonyl (C=O) groups is 2. The van der Waals surface area contributed by atoms with Crippen LogP contribution >= 0.6 is 0 Å². The fourth-order valence-electron chi connectivity index (χ4n) is 3.69. The lowest BCUT2D eigenvalue weighted by molar-refractivity contribution is 0.0839. The van der Waals surface area contributed by atoms with Gasteiger partial charge in [0.15, 0.2) is 6.29 Å². The molecule has 1 amide bonds. The number of nitrogens with two attached hydrogens (primary N) is 1. The van der Waals surface area contributed by atoms with Crippen LogP contribution in [-0.4, -0.2) is 29.1 Å². The third-order valence-corrected chi connectivity index (χ3v) is 5.47. The maximum absolute atomic E-state index is 13.3. The highest BCUT2D eigenvalue weighted by Gasteiger charge is 2.21. The Morgan fingerprint density at radius 2 is 2.13 bits per heavy atom. The number of amides is 1. The number of aldehydes is 1. The number of likely N-dealkylation sites (N-methyl/N-ethyl adjacent to an activating group) is 1. The smallest absolute Gasteiger partial charge is 0.260 e. The predicted molar refractivity (Wildman–Crippen MR) is 120 cm³/mol. The average Bonchev–Trinajstić information content (AvgIpc) is 2.78. The van der Waals surface area contributed by atoms with Gasteiger partial charge in [-0.05, 0) is 61.4 Å². The molecule has 3 rings (SSSR count). The van der Waals surface area contributed by atoms with Crippen LogP contribution in [0.25, 0.3) is 0 Å². The number of benzene rings is 1. The van der Waals surface area contributed by atoms with E-state index < -0.39 is 5.82 Å². The van der Waals surface area contributed by atoms with E-state index in [0.717, 1.165) is 49.1 Å². The molecular formula is C24H27FN4O2. The van der Waals surface area contributed by atoms with E-state index in [4.69, 9.17) is 5.73 Å². The summed E-state index contributed by atoms with van der Waals surface area (Å²) >= 11 is 0. The second-order valence-electron chi connectivity index (χ2n) is 7.73. The van der Waals surface area contributed by atoms with E-state index in [2.05, 4.69) is 23.0 Å². The molecule has 0 saturated heterocycles. The maximum atomic E-state index is 13.3. The highest BCUT2D eigenvalue weighted by molar-refractivity contribution is 6.01. The van der Waals surface area contributed by atoms with Crippen LogP contribution < -0.4 is 11.1 Å². The number of aromatic nitrogens is 1. The first-order valence-electron chi connectivity index (χ1n) is 10.2. The molecule has 1 heterocycles. The largest absolute Gasteiger partial charge is 0.398 e. The van der Waals surface area contributed by atoms with E-state index in [0.29, 0.717) is 28.8 Å². The van der Waals surface area contributed by atoms with Gasteiger partial charge >= 0.3 is 0 Å². The van der Waals surface area contributed by atoms with Gasteiger partial charge in [-0.3, -0.25) is 9.59 Å². The lowest BCUT2D eigenvalue weighted by atomic mass is 9.96. The summed E-state index contributed by atoms with van der Waals surface area (Å²) in [7, 11) is 1.71. The van der Waals surface area contributed by atoms with Gasteiger partial charge in [-0.2, -0.15) is 0 Å². The summed E-state index contributed by atoms with van der Waals surface area (Å²) in [6, 6.07) is 4.73. The van der Waals surface area contributed by atoms with Crippen molar-refractivity contribution < 1.29 is 14.0 Å². The third kappa shape index (κ3) is 4.99. The van der Waals surface area contributed by atoms with Gasteiger partial charge < -0.3 is 16.0 Å². The zero-order valence-electron chi connectivity index (χ0n) is 17.9. The molecular weight excluding hydrogens is 395 g/mol. The summed E-state index contributed by atoms with van der Waals surface area (Å²) in [6.45, 7) is 6.22. The van der Waals surface area contributed by atoms with Gasteiger partial charge in [0.05, 0.1) is 17.3 Å². The monoisotopic (exact) mass is 422 g/mol. The molecule has 1 aromatic heterocycles. The Morgan fingerprint density at radius 1 is 1.35 bits per heavy atom. The van der Waals surface area contributed by atoms with Crippen LogP contribution in [0.1, 0.15) is 57.5 Å². The highest BCUT2D eigenvalue weighted by atomic mass is 19.1. The minimum Gasteiger partial charge on any atom is -0.398 e. The Bertz CT molecular complexity index is 1060. The Hall–Kier alpha value is -3.48. The molecule has 0 radical (unpaired) electrons. The maximum Gasteiger partial charge on any atom is 0.260 e. The molecule has 1 aliphatic rings. The molecule has 0 spiro atoms. The van der Waals surface area contributed by atoms with Crippen LogP contribution in [0.2, 0.25) is 0 Å². The molecule has 0 unspecified atom stereocenters. The molecule has 0 fully saturated rings. The van der Waals surface area contributed by atoms with Crippen molar-refractivity contribution in [2.45, 2.75) is 39.2 Å². The quantitative estimate of drug-likeness (QED) is 0.502. The van der Waals surface area contributed by atoms with Crippen molar-refractivity contribution in [1.82, 2.24) is 9.88 Å².